The number of likely N-dealkylation sites (N-methyl/N-ethyl adjacent to an activating group) is 1. The van der Waals surface area contributed by atoms with Gasteiger partial charge in [0.25, 0.3) is 0 Å². The minimum absolute atomic E-state index is 0.274. The summed E-state index contributed by atoms with van der Waals surface area (Å²) in [6.07, 6.45) is -1.01. The molecule has 1 saturated heterocycles. The van der Waals surface area contributed by atoms with E-state index in [4.69, 9.17) is 10.5 Å². The molecule has 0 saturated carbocycles. The summed E-state index contributed by atoms with van der Waals surface area (Å²) in [5.41, 5.74) is 6.30. The molecule has 2 rings (SSSR count). The number of esters is 1. The van der Waals surface area contributed by atoms with E-state index in [9.17, 15) is 67.7 Å². The summed E-state index contributed by atoms with van der Waals surface area (Å²) in [5, 5.41) is 46.7. The Balaban J connectivity index is 2.38. The standard InChI is InChI=1S/C56H91N11O15/c1-13-28(5)42(64-50(75)37(58-12)25-35-20-18-17-19-21-35)53(78)61-38(26-68)51(76)60-36(22-23-41(57)71)49(74)63-44(30(7)15-3)55(80)65-43(29(6)14-2)54(79)62-39(27-69)52(77)67-46-34(11)82-56(81)45(31(8)16-4)66-48(73)33(10)59-47(72)32(9)24-40(46)70/h17-21,28-34,36-39,42-46,58,68-69H,13-16,22-27H2,1-12H3,(H2,57,71)(H,59,72)(H,60,76)(H,61,78)(H,62,79)(H,63,74)(H,64,75)(H,65,80)(H,66,73)(H,67,77)/t28-,29-,30+,31-,32+,33+,34-,36+,37+,38-,39-,42-,43-,44+,45-,46+/m0/s1. The van der Waals surface area contributed by atoms with E-state index in [0.717, 1.165) is 5.56 Å². The SMILES string of the molecule is CC[C@@H](C)[C@@H](NC(=O)[C@@H](CCC(N)=O)NC(=O)[C@H](CO)NC(=O)[C@@H](NC(=O)[C@@H](Cc1ccccc1)NC)[C@@H](C)CC)C(=O)N[C@H](C(=O)N[C@@H](CO)C(=O)N[C@H]1C(=O)C[C@@H](C)C(=O)N[C@H](C)C(=O)N[C@@H]([C@@H](C)CC)C(=O)O[C@H]1C)[C@@H](C)CC. The quantitative estimate of drug-likeness (QED) is 0.0377. The van der Waals surface area contributed by atoms with E-state index < -0.39 is 199 Å². The molecule has 0 aromatic heterocycles. The van der Waals surface area contributed by atoms with Crippen LogP contribution < -0.4 is 58.9 Å². The summed E-state index contributed by atoms with van der Waals surface area (Å²) < 4.78 is 5.67. The molecule has 0 aliphatic carbocycles. The van der Waals surface area contributed by atoms with Gasteiger partial charge in [-0.25, -0.2) is 4.79 Å². The van der Waals surface area contributed by atoms with E-state index in [1.807, 2.05) is 30.3 Å². The number of carbonyl (C=O) groups excluding carboxylic acids is 12. The van der Waals surface area contributed by atoms with Crippen molar-refractivity contribution in [2.24, 2.45) is 35.3 Å². The maximum atomic E-state index is 14.3. The number of hydrogen-bond donors (Lipinski definition) is 13. The van der Waals surface area contributed by atoms with Crippen molar-refractivity contribution in [2.75, 3.05) is 20.3 Å². The fourth-order valence-corrected chi connectivity index (χ4v) is 8.70. The Morgan fingerprint density at radius 1 is 0.610 bits per heavy atom. The van der Waals surface area contributed by atoms with Crippen molar-refractivity contribution in [3.8, 4) is 0 Å². The van der Waals surface area contributed by atoms with Gasteiger partial charge in [0, 0.05) is 18.8 Å². The third kappa shape index (κ3) is 21.7. The number of ketones is 1. The first-order chi connectivity index (χ1) is 38.6. The van der Waals surface area contributed by atoms with Gasteiger partial charge in [0.2, 0.25) is 59.1 Å². The summed E-state index contributed by atoms with van der Waals surface area (Å²) in [6.45, 7) is 15.8. The topological polar surface area (TPSA) is 401 Å². The number of aliphatic hydroxyl groups excluding tert-OH is 2. The van der Waals surface area contributed by atoms with Crippen LogP contribution in [0.1, 0.15) is 127 Å². The lowest BCUT2D eigenvalue weighted by atomic mass is 9.94. The van der Waals surface area contributed by atoms with Crippen molar-refractivity contribution < 1.29 is 72.5 Å². The lowest BCUT2D eigenvalue weighted by molar-refractivity contribution is -0.157. The van der Waals surface area contributed by atoms with Crippen molar-refractivity contribution in [1.82, 2.24) is 53.2 Å². The van der Waals surface area contributed by atoms with E-state index in [1.165, 1.54) is 20.8 Å². The van der Waals surface area contributed by atoms with Crippen LogP contribution in [0.2, 0.25) is 0 Å². The third-order valence-corrected chi connectivity index (χ3v) is 15.2. The molecule has 26 nitrogen and oxygen atoms in total. The molecule has 0 unspecified atom stereocenters. The first kappa shape index (κ1) is 71.0. The van der Waals surface area contributed by atoms with Crippen LogP contribution in [0.25, 0.3) is 0 Å². The number of primary amides is 1. The lowest BCUT2D eigenvalue weighted by Gasteiger charge is -2.31. The molecule has 1 heterocycles. The second kappa shape index (κ2) is 35.1. The van der Waals surface area contributed by atoms with Crippen LogP contribution in [0, 0.1) is 29.6 Å². The molecule has 82 heavy (non-hydrogen) atoms. The molecule has 0 radical (unpaired) electrons. The molecule has 10 amide bonds. The van der Waals surface area contributed by atoms with Crippen LogP contribution in [0.15, 0.2) is 30.3 Å². The summed E-state index contributed by atoms with van der Waals surface area (Å²) >= 11 is 0. The molecule has 1 aliphatic rings. The zero-order valence-corrected chi connectivity index (χ0v) is 49.5. The maximum absolute atomic E-state index is 14.3. The van der Waals surface area contributed by atoms with Gasteiger partial charge >= 0.3 is 5.97 Å². The van der Waals surface area contributed by atoms with Gasteiger partial charge in [-0.3, -0.25) is 52.7 Å². The van der Waals surface area contributed by atoms with Gasteiger partial charge in [-0.1, -0.05) is 118 Å². The molecule has 1 aromatic rings. The van der Waals surface area contributed by atoms with Gasteiger partial charge < -0.3 is 73.9 Å². The van der Waals surface area contributed by atoms with Crippen molar-refractivity contribution in [2.45, 2.75) is 194 Å². The predicted molar refractivity (Wildman–Crippen MR) is 301 cm³/mol. The Labute approximate surface area is 480 Å². The minimum Gasteiger partial charge on any atom is -0.458 e. The van der Waals surface area contributed by atoms with Crippen LogP contribution in [0.4, 0.5) is 0 Å². The highest BCUT2D eigenvalue weighted by molar-refractivity contribution is 5.99. The predicted octanol–water partition coefficient (Wildman–Crippen LogP) is -1.82. The molecular formula is C56H91N11O15. The van der Waals surface area contributed by atoms with E-state index in [-0.39, 0.29) is 12.8 Å². The second-order valence-electron chi connectivity index (χ2n) is 21.5. The molecule has 1 aromatic carbocycles. The van der Waals surface area contributed by atoms with Gasteiger partial charge in [0.15, 0.2) is 5.78 Å². The summed E-state index contributed by atoms with van der Waals surface area (Å²) in [6, 6.07) is -4.49. The third-order valence-electron chi connectivity index (χ3n) is 15.2. The zero-order chi connectivity index (χ0) is 62.1. The molecule has 16 atom stereocenters. The van der Waals surface area contributed by atoms with E-state index in [0.29, 0.717) is 19.3 Å². The highest BCUT2D eigenvalue weighted by Gasteiger charge is 2.40. The van der Waals surface area contributed by atoms with Crippen molar-refractivity contribution in [1.29, 1.82) is 0 Å². The van der Waals surface area contributed by atoms with Gasteiger partial charge in [-0.15, -0.1) is 0 Å². The molecule has 1 aliphatic heterocycles. The summed E-state index contributed by atoms with van der Waals surface area (Å²) in [4.78, 5) is 163. The Kier molecular flexibility index (Phi) is 30.4. The molecule has 0 spiro atoms. The number of nitrogens with two attached hydrogens (primary N) is 1. The number of hydrogen-bond acceptors (Lipinski definition) is 16. The molecule has 14 N–H and O–H groups in total. The highest BCUT2D eigenvalue weighted by atomic mass is 16.5. The normalized spacial score (nSPS) is 21.9. The highest BCUT2D eigenvalue weighted by Crippen LogP contribution is 2.18. The average molecular weight is 1160 g/mol. The molecule has 1 fully saturated rings. The number of cyclic esters (lactones) is 1. The van der Waals surface area contributed by atoms with Crippen LogP contribution in [-0.2, 0) is 68.7 Å². The van der Waals surface area contributed by atoms with Gasteiger partial charge in [0.1, 0.15) is 60.5 Å². The summed E-state index contributed by atoms with van der Waals surface area (Å²) in [5.74, 6) is -13.4. The smallest absolute Gasteiger partial charge is 0.329 e. The van der Waals surface area contributed by atoms with Crippen LogP contribution in [0.5, 0.6) is 0 Å². The lowest BCUT2D eigenvalue weighted by Crippen LogP contribution is -2.63. The number of Topliss-reactive ketones (excluding diaryl/α,β-unsaturated/α-hetero) is 1. The fourth-order valence-electron chi connectivity index (χ4n) is 8.70. The van der Waals surface area contributed by atoms with Gasteiger partial charge in [-0.2, -0.15) is 0 Å². The number of benzene rings is 1. The Bertz CT molecular complexity index is 2360. The number of amides is 10. The minimum atomic E-state index is -1.77. The van der Waals surface area contributed by atoms with Gasteiger partial charge in [0.05, 0.1) is 19.3 Å². The largest absolute Gasteiger partial charge is 0.458 e. The summed E-state index contributed by atoms with van der Waals surface area (Å²) in [7, 11) is 1.60. The van der Waals surface area contributed by atoms with E-state index >= 15 is 0 Å². The zero-order valence-electron chi connectivity index (χ0n) is 49.5. The average Bonchev–Trinajstić information content (AvgIpc) is 3.58. The fraction of sp³-hybridized carbons (Fsp3) is 0.679. The Morgan fingerprint density at radius 2 is 1.06 bits per heavy atom. The Morgan fingerprint density at radius 3 is 1.52 bits per heavy atom. The maximum Gasteiger partial charge on any atom is 0.329 e. The van der Waals surface area contributed by atoms with Gasteiger partial charge in [-0.05, 0) is 63.0 Å². The van der Waals surface area contributed by atoms with Crippen LogP contribution in [0.3, 0.4) is 0 Å². The van der Waals surface area contributed by atoms with Crippen molar-refractivity contribution in [3.63, 3.8) is 0 Å². The van der Waals surface area contributed by atoms with Crippen LogP contribution in [-0.4, -0.2) is 168 Å². The van der Waals surface area contributed by atoms with Crippen molar-refractivity contribution >= 4 is 70.8 Å². The number of carbonyl (C=O) groups is 12. The monoisotopic (exact) mass is 1160 g/mol. The first-order valence-corrected chi connectivity index (χ1v) is 28.3. The molecule has 26 heteroatoms. The second-order valence-corrected chi connectivity index (χ2v) is 21.5. The molecule has 460 valence electrons. The molecular weight excluding hydrogens is 1070 g/mol. The van der Waals surface area contributed by atoms with Crippen LogP contribution >= 0.6 is 0 Å². The van der Waals surface area contributed by atoms with Crippen molar-refractivity contribution in [3.05, 3.63) is 35.9 Å². The number of aliphatic hydroxyl groups is 2. The first-order valence-electron chi connectivity index (χ1n) is 28.3. The van der Waals surface area contributed by atoms with E-state index in [1.54, 1.807) is 62.4 Å². The number of rotatable bonds is 30. The molecule has 0 bridgehead atoms. The Hall–Kier alpha value is -7.06. The number of nitrogens with one attached hydrogen (secondary N) is 10. The number of ether oxygens (including phenoxy) is 1. The van der Waals surface area contributed by atoms with E-state index in [2.05, 4.69) is 53.2 Å².